The average molecular weight is 426 g/mol. The quantitative estimate of drug-likeness (QED) is 0.337. The zero-order valence-electron chi connectivity index (χ0n) is 17.5. The summed E-state index contributed by atoms with van der Waals surface area (Å²) in [5.74, 6) is -3.17. The van der Waals surface area contributed by atoms with Crippen LogP contribution < -0.4 is 0 Å². The molecule has 0 radical (unpaired) electrons. The van der Waals surface area contributed by atoms with Crippen LogP contribution in [-0.2, 0) is 38.2 Å². The van der Waals surface area contributed by atoms with E-state index in [0.29, 0.717) is 0 Å². The molecular formula is C18H26N4O8. The van der Waals surface area contributed by atoms with Gasteiger partial charge < -0.3 is 9.47 Å². The fourth-order valence-corrected chi connectivity index (χ4v) is 3.21. The van der Waals surface area contributed by atoms with Crippen molar-refractivity contribution in [3.63, 3.8) is 0 Å². The Balaban J connectivity index is 1.97. The Hall–Kier alpha value is -2.86. The first kappa shape index (κ1) is 23.4. The van der Waals surface area contributed by atoms with Crippen LogP contribution in [0.1, 0.15) is 27.7 Å². The van der Waals surface area contributed by atoms with Crippen molar-refractivity contribution in [1.29, 1.82) is 0 Å². The molecule has 0 aromatic rings. The summed E-state index contributed by atoms with van der Waals surface area (Å²) in [5, 5.41) is 0. The van der Waals surface area contributed by atoms with E-state index >= 15 is 0 Å². The lowest BCUT2D eigenvalue weighted by Gasteiger charge is -2.43. The molecule has 2 heterocycles. The molecule has 12 heteroatoms. The maximum absolute atomic E-state index is 12.3. The van der Waals surface area contributed by atoms with Crippen molar-refractivity contribution >= 4 is 35.6 Å². The van der Waals surface area contributed by atoms with Gasteiger partial charge in [0.15, 0.2) is 13.5 Å². The van der Waals surface area contributed by atoms with E-state index in [1.807, 2.05) is 0 Å². The highest BCUT2D eigenvalue weighted by atomic mass is 16.5. The lowest BCUT2D eigenvalue weighted by Crippen LogP contribution is -2.63. The number of nitrogens with zero attached hydrogens (tertiary/aromatic N) is 4. The Morgan fingerprint density at radius 1 is 0.700 bits per heavy atom. The highest BCUT2D eigenvalue weighted by molar-refractivity contribution is 6.00. The summed E-state index contributed by atoms with van der Waals surface area (Å²) in [4.78, 5) is 76.1. The van der Waals surface area contributed by atoms with Crippen LogP contribution in [0.25, 0.3) is 0 Å². The minimum absolute atomic E-state index is 0.0627. The van der Waals surface area contributed by atoms with Crippen LogP contribution in [0.3, 0.4) is 0 Å². The maximum Gasteiger partial charge on any atom is 0.304 e. The lowest BCUT2D eigenvalue weighted by atomic mass is 10.1. The Labute approximate surface area is 173 Å². The molecule has 0 bridgehead atoms. The smallest absolute Gasteiger partial charge is 0.304 e. The first-order valence-electron chi connectivity index (χ1n) is 9.42. The van der Waals surface area contributed by atoms with Gasteiger partial charge in [0, 0.05) is 25.9 Å². The summed E-state index contributed by atoms with van der Waals surface area (Å²) in [5.41, 5.74) is 0. The third-order valence-electron chi connectivity index (χ3n) is 5.20. The molecule has 12 nitrogen and oxygen atoms in total. The largest absolute Gasteiger partial charge is 0.444 e. The first-order valence-corrected chi connectivity index (χ1v) is 9.42. The molecule has 0 aromatic carbocycles. The van der Waals surface area contributed by atoms with Crippen molar-refractivity contribution in [2.75, 3.05) is 39.6 Å². The number of piperazine rings is 2. The molecule has 2 rings (SSSR count). The minimum atomic E-state index is -0.595. The molecule has 0 spiro atoms. The van der Waals surface area contributed by atoms with Crippen LogP contribution in [0, 0.1) is 0 Å². The Morgan fingerprint density at radius 3 is 1.20 bits per heavy atom. The molecular weight excluding hydrogens is 400 g/mol. The first-order chi connectivity index (χ1) is 14.0. The van der Waals surface area contributed by atoms with Gasteiger partial charge >= 0.3 is 11.9 Å². The molecule has 0 N–H and O–H groups in total. The van der Waals surface area contributed by atoms with Gasteiger partial charge in [0.1, 0.15) is 0 Å². The van der Waals surface area contributed by atoms with Gasteiger partial charge in [0.2, 0.25) is 23.6 Å². The minimum Gasteiger partial charge on any atom is -0.444 e. The van der Waals surface area contributed by atoms with Crippen LogP contribution in [-0.4, -0.2) is 107 Å². The average Bonchev–Trinajstić information content (AvgIpc) is 2.64. The normalized spacial score (nSPS) is 20.9. The Kier molecular flexibility index (Phi) is 7.62. The van der Waals surface area contributed by atoms with Crippen LogP contribution in [0.15, 0.2) is 0 Å². The molecule has 2 saturated heterocycles. The molecule has 0 saturated carbocycles. The second kappa shape index (κ2) is 9.76. The van der Waals surface area contributed by atoms with Gasteiger partial charge in [-0.25, -0.2) is 9.80 Å². The maximum atomic E-state index is 12.3. The predicted molar refractivity (Wildman–Crippen MR) is 99.0 cm³/mol. The SMILES string of the molecule is CC(=O)OCN1C(=O)CN(C(C)C(C)N2CC(=O)N(COC(C)=O)C(=O)C2)CC1=O. The molecule has 166 valence electrons. The molecule has 2 fully saturated rings. The predicted octanol–water partition coefficient (Wildman–Crippen LogP) is -1.85. The van der Waals surface area contributed by atoms with E-state index in [2.05, 4.69) is 0 Å². The molecule has 2 aliphatic heterocycles. The molecule has 2 atom stereocenters. The number of esters is 2. The number of carbonyl (C=O) groups is 6. The number of rotatable bonds is 7. The van der Waals surface area contributed by atoms with Crippen molar-refractivity contribution < 1.29 is 38.2 Å². The van der Waals surface area contributed by atoms with Crippen molar-refractivity contribution in [1.82, 2.24) is 19.6 Å². The van der Waals surface area contributed by atoms with Crippen LogP contribution in [0.2, 0.25) is 0 Å². The van der Waals surface area contributed by atoms with E-state index in [0.717, 1.165) is 9.80 Å². The summed E-state index contributed by atoms with van der Waals surface area (Å²) in [6, 6.07) is -0.649. The van der Waals surface area contributed by atoms with Crippen LogP contribution >= 0.6 is 0 Å². The zero-order chi connectivity index (χ0) is 22.6. The fraction of sp³-hybridized carbons (Fsp3) is 0.667. The molecule has 4 amide bonds. The number of hydrogen-bond donors (Lipinski definition) is 0. The van der Waals surface area contributed by atoms with E-state index in [9.17, 15) is 28.8 Å². The van der Waals surface area contributed by atoms with Gasteiger partial charge in [-0.05, 0) is 13.8 Å². The van der Waals surface area contributed by atoms with Gasteiger partial charge in [-0.3, -0.25) is 38.6 Å². The number of ether oxygens (including phenoxy) is 2. The van der Waals surface area contributed by atoms with Gasteiger partial charge in [0.05, 0.1) is 26.2 Å². The molecule has 2 aliphatic rings. The number of hydrogen-bond acceptors (Lipinski definition) is 10. The topological polar surface area (TPSA) is 134 Å². The fourth-order valence-electron chi connectivity index (χ4n) is 3.21. The van der Waals surface area contributed by atoms with Crippen molar-refractivity contribution in [2.24, 2.45) is 0 Å². The molecule has 30 heavy (non-hydrogen) atoms. The molecule has 0 aromatic heterocycles. The van der Waals surface area contributed by atoms with Crippen LogP contribution in [0.4, 0.5) is 0 Å². The lowest BCUT2D eigenvalue weighted by molar-refractivity contribution is -0.168. The third kappa shape index (κ3) is 5.60. The second-order valence-electron chi connectivity index (χ2n) is 7.25. The van der Waals surface area contributed by atoms with Crippen molar-refractivity contribution in [3.8, 4) is 0 Å². The Morgan fingerprint density at radius 2 is 0.967 bits per heavy atom. The number of amides is 4. The van der Waals surface area contributed by atoms with Gasteiger partial charge in [-0.1, -0.05) is 0 Å². The summed E-state index contributed by atoms with van der Waals surface area (Å²) in [6.07, 6.45) is 0. The summed E-state index contributed by atoms with van der Waals surface area (Å²) >= 11 is 0. The van der Waals surface area contributed by atoms with Crippen molar-refractivity contribution in [2.45, 2.75) is 39.8 Å². The highest BCUT2D eigenvalue weighted by Crippen LogP contribution is 2.18. The van der Waals surface area contributed by atoms with E-state index in [1.165, 1.54) is 13.8 Å². The molecule has 0 aliphatic carbocycles. The Bertz CT molecular complexity index is 656. The summed E-state index contributed by atoms with van der Waals surface area (Å²) in [6.45, 7) is 4.88. The summed E-state index contributed by atoms with van der Waals surface area (Å²) in [7, 11) is 0. The van der Waals surface area contributed by atoms with Crippen LogP contribution in [0.5, 0.6) is 0 Å². The van der Waals surface area contributed by atoms with Gasteiger partial charge in [-0.2, -0.15) is 0 Å². The van der Waals surface area contributed by atoms with E-state index in [4.69, 9.17) is 9.47 Å². The van der Waals surface area contributed by atoms with Gasteiger partial charge in [-0.15, -0.1) is 0 Å². The second-order valence-corrected chi connectivity index (χ2v) is 7.25. The zero-order valence-corrected chi connectivity index (χ0v) is 17.5. The monoisotopic (exact) mass is 426 g/mol. The summed E-state index contributed by atoms with van der Waals surface area (Å²) < 4.78 is 9.47. The molecule has 2 unspecified atom stereocenters. The van der Waals surface area contributed by atoms with E-state index in [1.54, 1.807) is 23.6 Å². The van der Waals surface area contributed by atoms with Gasteiger partial charge in [0.25, 0.3) is 0 Å². The third-order valence-corrected chi connectivity index (χ3v) is 5.20. The van der Waals surface area contributed by atoms with E-state index in [-0.39, 0.29) is 38.3 Å². The highest BCUT2D eigenvalue weighted by Gasteiger charge is 2.39. The number of imide groups is 2. The van der Waals surface area contributed by atoms with Crippen molar-refractivity contribution in [3.05, 3.63) is 0 Å². The standard InChI is InChI=1S/C18H26N4O8/c1-11(19-5-15(25)21(16(26)6-19)9-29-13(3)23)12(2)20-7-17(27)22(18(28)8-20)10-30-14(4)24/h11-12H,5-10H2,1-4H3. The van der Waals surface area contributed by atoms with E-state index < -0.39 is 49.0 Å². The number of carbonyl (C=O) groups excluding carboxylic acids is 6.